The Morgan fingerprint density at radius 1 is 1.00 bits per heavy atom. The second-order valence-corrected chi connectivity index (χ2v) is 6.08. The molecule has 25 heavy (non-hydrogen) atoms. The maximum atomic E-state index is 12.8. The molecule has 1 amide bonds. The number of hydrogen-bond acceptors (Lipinski definition) is 3. The number of aromatic nitrogens is 2. The van der Waals surface area contributed by atoms with Gasteiger partial charge in [-0.25, -0.2) is 0 Å². The fraction of sp³-hybridized carbons (Fsp3) is 0. The number of hydrogen-bond donors (Lipinski definition) is 2. The van der Waals surface area contributed by atoms with E-state index in [-0.39, 0.29) is 11.5 Å². The third kappa shape index (κ3) is 4.10. The summed E-state index contributed by atoms with van der Waals surface area (Å²) in [5.74, 6) is -0.625. The molecule has 1 aromatic heterocycles. The summed E-state index contributed by atoms with van der Waals surface area (Å²) in [7, 11) is 0. The van der Waals surface area contributed by atoms with E-state index in [0.717, 1.165) is 4.47 Å². The second-order valence-electron chi connectivity index (χ2n) is 5.17. The van der Waals surface area contributed by atoms with E-state index in [1.165, 1.54) is 4.68 Å². The minimum Gasteiger partial charge on any atom is -0.502 e. The van der Waals surface area contributed by atoms with Gasteiger partial charge in [-0.1, -0.05) is 34.1 Å². The molecule has 0 atom stereocenters. The van der Waals surface area contributed by atoms with Crippen LogP contribution in [0.2, 0.25) is 0 Å². The molecular formula is C19H15BrN3O2+. The molecular weight excluding hydrogens is 382 g/mol. The average molecular weight is 397 g/mol. The van der Waals surface area contributed by atoms with Gasteiger partial charge in [0.2, 0.25) is 12.0 Å². The Morgan fingerprint density at radius 3 is 2.36 bits per heavy atom. The molecule has 0 unspecified atom stereocenters. The Kier molecular flexibility index (Phi) is 5.20. The Bertz CT molecular complexity index is 895. The average Bonchev–Trinajstić information content (AvgIpc) is 2.64. The molecule has 0 spiro atoms. The van der Waals surface area contributed by atoms with Crippen LogP contribution < -0.4 is 10.00 Å². The minimum absolute atomic E-state index is 0.0341. The molecule has 5 nitrogen and oxygen atoms in total. The van der Waals surface area contributed by atoms with E-state index in [1.54, 1.807) is 60.9 Å². The highest BCUT2D eigenvalue weighted by Crippen LogP contribution is 2.20. The number of benzene rings is 2. The van der Waals surface area contributed by atoms with Crippen LogP contribution in [0.5, 0.6) is 0 Å². The normalized spacial score (nSPS) is 11.6. The van der Waals surface area contributed by atoms with Crippen molar-refractivity contribution in [1.29, 1.82) is 0 Å². The lowest BCUT2D eigenvalue weighted by Crippen LogP contribution is -2.42. The summed E-state index contributed by atoms with van der Waals surface area (Å²) < 4.78 is 2.22. The number of aliphatic hydroxyl groups is 1. The number of rotatable bonds is 4. The summed E-state index contributed by atoms with van der Waals surface area (Å²) in [6, 6.07) is 19.5. The summed E-state index contributed by atoms with van der Waals surface area (Å²) in [6.07, 6.45) is 3.15. The number of nitrogens with one attached hydrogen (secondary N) is 1. The highest BCUT2D eigenvalue weighted by atomic mass is 79.9. The van der Waals surface area contributed by atoms with Gasteiger partial charge in [0.05, 0.1) is 6.20 Å². The van der Waals surface area contributed by atoms with Crippen molar-refractivity contribution in [1.82, 2.24) is 5.10 Å². The lowest BCUT2D eigenvalue weighted by Gasteiger charge is -2.06. The summed E-state index contributed by atoms with van der Waals surface area (Å²) >= 11 is 3.36. The van der Waals surface area contributed by atoms with Crippen molar-refractivity contribution in [3.8, 4) is 0 Å². The summed E-state index contributed by atoms with van der Waals surface area (Å²) in [6.45, 7) is 0. The smallest absolute Gasteiger partial charge is 0.344 e. The van der Waals surface area contributed by atoms with Gasteiger partial charge < -0.3 is 10.4 Å². The van der Waals surface area contributed by atoms with Crippen molar-refractivity contribution in [3.63, 3.8) is 0 Å². The second kappa shape index (κ2) is 7.72. The SMILES string of the molecule is O=C(Nc1ccccc1)/C(=C(\O)c1ccc(Br)cc1)[n+]1ccccn1. The van der Waals surface area contributed by atoms with E-state index in [1.807, 2.05) is 18.2 Å². The molecule has 0 aliphatic carbocycles. The molecule has 0 saturated carbocycles. The zero-order chi connectivity index (χ0) is 17.6. The van der Waals surface area contributed by atoms with Crippen LogP contribution >= 0.6 is 15.9 Å². The van der Waals surface area contributed by atoms with E-state index in [9.17, 15) is 9.90 Å². The van der Waals surface area contributed by atoms with Crippen LogP contribution in [0, 0.1) is 0 Å². The Labute approximate surface area is 153 Å². The first kappa shape index (κ1) is 16.9. The Balaban J connectivity index is 2.05. The molecule has 2 N–H and O–H groups in total. The van der Waals surface area contributed by atoms with Gasteiger partial charge in [0.1, 0.15) is 0 Å². The zero-order valence-electron chi connectivity index (χ0n) is 13.1. The van der Waals surface area contributed by atoms with Crippen LogP contribution in [-0.2, 0) is 4.79 Å². The molecule has 3 aromatic rings. The van der Waals surface area contributed by atoms with Gasteiger partial charge in [-0.3, -0.25) is 4.79 Å². The Hall–Kier alpha value is -2.99. The fourth-order valence-electron chi connectivity index (χ4n) is 2.24. The first-order chi connectivity index (χ1) is 12.1. The molecule has 3 rings (SSSR count). The van der Waals surface area contributed by atoms with E-state index >= 15 is 0 Å². The molecule has 0 fully saturated rings. The van der Waals surface area contributed by atoms with Crippen molar-refractivity contribution < 1.29 is 14.6 Å². The third-order valence-electron chi connectivity index (χ3n) is 3.43. The van der Waals surface area contributed by atoms with Crippen molar-refractivity contribution in [3.05, 3.63) is 89.2 Å². The number of aliphatic hydroxyl groups excluding tert-OH is 1. The van der Waals surface area contributed by atoms with Crippen LogP contribution in [-0.4, -0.2) is 16.1 Å². The van der Waals surface area contributed by atoms with Crippen LogP contribution in [0.4, 0.5) is 5.69 Å². The molecule has 0 saturated heterocycles. The van der Waals surface area contributed by atoms with Crippen LogP contribution in [0.1, 0.15) is 5.56 Å². The number of carbonyl (C=O) groups is 1. The standard InChI is InChI=1S/C19H14BrN3O2/c20-15-10-8-14(9-11-15)18(24)17(23-13-5-4-12-21-23)19(25)22-16-6-2-1-3-7-16/h1-13H,(H-,21,22,24,25)/p+1. The molecule has 0 aliphatic rings. The quantitative estimate of drug-likeness (QED) is 0.401. The van der Waals surface area contributed by atoms with Crippen molar-refractivity contribution in [2.24, 2.45) is 0 Å². The molecule has 0 bridgehead atoms. The number of anilines is 1. The molecule has 0 radical (unpaired) electrons. The van der Waals surface area contributed by atoms with E-state index < -0.39 is 5.91 Å². The Morgan fingerprint density at radius 2 is 1.72 bits per heavy atom. The predicted molar refractivity (Wildman–Crippen MR) is 99.4 cm³/mol. The van der Waals surface area contributed by atoms with Gasteiger partial charge in [-0.05, 0) is 52.2 Å². The van der Waals surface area contributed by atoms with Crippen molar-refractivity contribution in [2.45, 2.75) is 0 Å². The molecule has 6 heteroatoms. The fourth-order valence-corrected chi connectivity index (χ4v) is 2.50. The van der Waals surface area contributed by atoms with Crippen LogP contribution in [0.15, 0.2) is 83.6 Å². The number of amides is 1. The van der Waals surface area contributed by atoms with E-state index in [2.05, 4.69) is 26.3 Å². The number of nitrogens with zero attached hydrogens (tertiary/aromatic N) is 2. The highest BCUT2D eigenvalue weighted by molar-refractivity contribution is 9.10. The summed E-state index contributed by atoms with van der Waals surface area (Å²) in [5.41, 5.74) is 1.18. The number of carbonyl (C=O) groups excluding carboxylic acids is 1. The predicted octanol–water partition coefficient (Wildman–Crippen LogP) is 3.65. The number of para-hydroxylation sites is 1. The van der Waals surface area contributed by atoms with Gasteiger partial charge in [0.25, 0.3) is 0 Å². The minimum atomic E-state index is -0.463. The van der Waals surface area contributed by atoms with Crippen LogP contribution in [0.25, 0.3) is 11.5 Å². The topological polar surface area (TPSA) is 66.1 Å². The first-order valence-corrected chi connectivity index (χ1v) is 8.33. The summed E-state index contributed by atoms with van der Waals surface area (Å²) in [4.78, 5) is 12.8. The number of halogens is 1. The van der Waals surface area contributed by atoms with Crippen molar-refractivity contribution >= 4 is 39.0 Å². The maximum absolute atomic E-state index is 12.8. The van der Waals surface area contributed by atoms with Gasteiger partial charge in [-0.15, -0.1) is 0 Å². The van der Waals surface area contributed by atoms with Gasteiger partial charge in [-0.2, -0.15) is 0 Å². The molecule has 2 aromatic carbocycles. The van der Waals surface area contributed by atoms with Gasteiger partial charge >= 0.3 is 11.6 Å². The van der Waals surface area contributed by atoms with Crippen LogP contribution in [0.3, 0.4) is 0 Å². The van der Waals surface area contributed by atoms with E-state index in [4.69, 9.17) is 0 Å². The maximum Gasteiger partial charge on any atom is 0.344 e. The first-order valence-electron chi connectivity index (χ1n) is 7.54. The molecule has 124 valence electrons. The zero-order valence-corrected chi connectivity index (χ0v) is 14.7. The van der Waals surface area contributed by atoms with Crippen molar-refractivity contribution in [2.75, 3.05) is 5.32 Å². The summed E-state index contributed by atoms with van der Waals surface area (Å²) in [5, 5.41) is 17.6. The molecule has 1 heterocycles. The van der Waals surface area contributed by atoms with Gasteiger partial charge in [0.15, 0.2) is 0 Å². The van der Waals surface area contributed by atoms with E-state index in [0.29, 0.717) is 11.3 Å². The largest absolute Gasteiger partial charge is 0.502 e. The van der Waals surface area contributed by atoms with Gasteiger partial charge in [0, 0.05) is 21.8 Å². The monoisotopic (exact) mass is 396 g/mol. The lowest BCUT2D eigenvalue weighted by atomic mass is 10.1. The lowest BCUT2D eigenvalue weighted by molar-refractivity contribution is -0.642. The third-order valence-corrected chi connectivity index (χ3v) is 3.96. The molecule has 0 aliphatic heterocycles. The highest BCUT2D eigenvalue weighted by Gasteiger charge is 2.28.